The largest absolute Gasteiger partial charge is 0.394 e. The first-order chi connectivity index (χ1) is 6.19. The number of aliphatic hydroxyl groups excluding tert-OH is 1. The van der Waals surface area contributed by atoms with Gasteiger partial charge < -0.3 is 10.4 Å². The van der Waals surface area contributed by atoms with E-state index in [0.29, 0.717) is 0 Å². The highest BCUT2D eigenvalue weighted by Crippen LogP contribution is 2.26. The number of likely N-dealkylation sites (N-methyl/N-ethyl adjacent to an activating group) is 1. The molecule has 1 rings (SSSR count). The Bertz CT molecular complexity index is 287. The van der Waals surface area contributed by atoms with Crippen LogP contribution in [0.1, 0.15) is 11.6 Å². The molecule has 0 bridgehead atoms. The van der Waals surface area contributed by atoms with Crippen molar-refractivity contribution in [2.24, 2.45) is 0 Å². The normalized spacial score (nSPS) is 12.9. The van der Waals surface area contributed by atoms with Gasteiger partial charge in [0.1, 0.15) is 0 Å². The van der Waals surface area contributed by atoms with Crippen molar-refractivity contribution >= 4 is 31.9 Å². The standard InChI is InChI=1S/C9H11Br2NO/c1-12-9(5-13)6-2-3-7(10)8(11)4-6/h2-4,9,12-13H,5H2,1H3. The highest BCUT2D eigenvalue weighted by Gasteiger charge is 2.08. The predicted octanol–water partition coefficient (Wildman–Crippen LogP) is 2.46. The number of rotatable bonds is 3. The monoisotopic (exact) mass is 307 g/mol. The lowest BCUT2D eigenvalue weighted by Gasteiger charge is -2.13. The molecule has 1 atom stereocenters. The summed E-state index contributed by atoms with van der Waals surface area (Å²) in [5.41, 5.74) is 1.07. The lowest BCUT2D eigenvalue weighted by atomic mass is 10.1. The van der Waals surface area contributed by atoms with Crippen molar-refractivity contribution in [3.63, 3.8) is 0 Å². The second-order valence-corrected chi connectivity index (χ2v) is 4.41. The molecular formula is C9H11Br2NO. The molecule has 0 saturated carbocycles. The van der Waals surface area contributed by atoms with Crippen LogP contribution in [0, 0.1) is 0 Å². The fourth-order valence-electron chi connectivity index (χ4n) is 1.09. The third-order valence-electron chi connectivity index (χ3n) is 1.88. The number of aliphatic hydroxyl groups is 1. The van der Waals surface area contributed by atoms with Crippen molar-refractivity contribution in [3.05, 3.63) is 32.7 Å². The van der Waals surface area contributed by atoms with Gasteiger partial charge in [0.15, 0.2) is 0 Å². The van der Waals surface area contributed by atoms with E-state index < -0.39 is 0 Å². The second kappa shape index (κ2) is 5.10. The molecule has 0 saturated heterocycles. The van der Waals surface area contributed by atoms with E-state index in [9.17, 15) is 0 Å². The Morgan fingerprint density at radius 2 is 2.08 bits per heavy atom. The molecule has 0 aliphatic heterocycles. The molecule has 0 radical (unpaired) electrons. The summed E-state index contributed by atoms with van der Waals surface area (Å²) >= 11 is 6.81. The van der Waals surface area contributed by atoms with Crippen LogP contribution < -0.4 is 5.32 Å². The Kier molecular flexibility index (Phi) is 4.38. The summed E-state index contributed by atoms with van der Waals surface area (Å²) in [4.78, 5) is 0. The molecule has 1 aromatic rings. The number of hydrogen-bond acceptors (Lipinski definition) is 2. The van der Waals surface area contributed by atoms with E-state index in [1.807, 2.05) is 25.2 Å². The predicted molar refractivity (Wildman–Crippen MR) is 60.7 cm³/mol. The summed E-state index contributed by atoms with van der Waals surface area (Å²) in [7, 11) is 1.83. The van der Waals surface area contributed by atoms with Gasteiger partial charge in [-0.25, -0.2) is 0 Å². The Morgan fingerprint density at radius 3 is 2.54 bits per heavy atom. The fraction of sp³-hybridized carbons (Fsp3) is 0.333. The quantitative estimate of drug-likeness (QED) is 0.899. The maximum absolute atomic E-state index is 9.05. The van der Waals surface area contributed by atoms with Crippen LogP contribution in [0.4, 0.5) is 0 Å². The topological polar surface area (TPSA) is 32.3 Å². The number of halogens is 2. The van der Waals surface area contributed by atoms with Crippen LogP contribution in [0.3, 0.4) is 0 Å². The minimum atomic E-state index is 0.00407. The molecule has 0 fully saturated rings. The third-order valence-corrected chi connectivity index (χ3v) is 3.76. The van der Waals surface area contributed by atoms with Gasteiger partial charge in [-0.1, -0.05) is 6.07 Å². The number of hydrogen-bond donors (Lipinski definition) is 2. The average molecular weight is 309 g/mol. The van der Waals surface area contributed by atoms with Crippen LogP contribution >= 0.6 is 31.9 Å². The molecule has 2 nitrogen and oxygen atoms in total. The van der Waals surface area contributed by atoms with Gasteiger partial charge in [0.2, 0.25) is 0 Å². The molecule has 2 N–H and O–H groups in total. The zero-order valence-corrected chi connectivity index (χ0v) is 10.4. The van der Waals surface area contributed by atoms with E-state index in [2.05, 4.69) is 37.2 Å². The summed E-state index contributed by atoms with van der Waals surface area (Å²) in [5.74, 6) is 0. The minimum absolute atomic E-state index is 0.00407. The molecule has 0 aliphatic carbocycles. The average Bonchev–Trinajstić information content (AvgIpc) is 2.13. The summed E-state index contributed by atoms with van der Waals surface area (Å²) in [6, 6.07) is 5.93. The molecule has 1 aromatic carbocycles. The second-order valence-electron chi connectivity index (χ2n) is 2.70. The summed E-state index contributed by atoms with van der Waals surface area (Å²) in [6.07, 6.45) is 0. The maximum Gasteiger partial charge on any atom is 0.0626 e. The molecule has 4 heteroatoms. The summed E-state index contributed by atoms with van der Waals surface area (Å²) in [5, 5.41) is 12.1. The van der Waals surface area contributed by atoms with Crippen LogP contribution in [0.5, 0.6) is 0 Å². The lowest BCUT2D eigenvalue weighted by Crippen LogP contribution is -2.19. The minimum Gasteiger partial charge on any atom is -0.394 e. The highest BCUT2D eigenvalue weighted by atomic mass is 79.9. The number of benzene rings is 1. The van der Waals surface area contributed by atoms with E-state index in [1.54, 1.807) is 0 Å². The highest BCUT2D eigenvalue weighted by molar-refractivity contribution is 9.13. The van der Waals surface area contributed by atoms with Crippen LogP contribution in [0.25, 0.3) is 0 Å². The van der Waals surface area contributed by atoms with Gasteiger partial charge >= 0.3 is 0 Å². The van der Waals surface area contributed by atoms with Gasteiger partial charge in [0.25, 0.3) is 0 Å². The van der Waals surface area contributed by atoms with Gasteiger partial charge in [-0.15, -0.1) is 0 Å². The summed E-state index contributed by atoms with van der Waals surface area (Å²) < 4.78 is 2.02. The SMILES string of the molecule is CNC(CO)c1ccc(Br)c(Br)c1. The van der Waals surface area contributed by atoms with Gasteiger partial charge in [0.05, 0.1) is 12.6 Å². The number of nitrogens with one attached hydrogen (secondary N) is 1. The molecule has 1 unspecified atom stereocenters. The zero-order valence-electron chi connectivity index (χ0n) is 7.22. The first-order valence-corrected chi connectivity index (χ1v) is 5.50. The Hall–Kier alpha value is 0.1000. The van der Waals surface area contributed by atoms with Crippen LogP contribution in [0.15, 0.2) is 27.1 Å². The van der Waals surface area contributed by atoms with Crippen molar-refractivity contribution in [2.45, 2.75) is 6.04 Å². The van der Waals surface area contributed by atoms with Crippen molar-refractivity contribution in [1.29, 1.82) is 0 Å². The van der Waals surface area contributed by atoms with Crippen LogP contribution in [-0.4, -0.2) is 18.8 Å². The van der Waals surface area contributed by atoms with Gasteiger partial charge in [-0.3, -0.25) is 0 Å². The van der Waals surface area contributed by atoms with E-state index in [-0.39, 0.29) is 12.6 Å². The first-order valence-electron chi connectivity index (χ1n) is 3.92. The molecule has 0 spiro atoms. The smallest absolute Gasteiger partial charge is 0.0626 e. The lowest BCUT2D eigenvalue weighted by molar-refractivity contribution is 0.251. The molecule has 0 aliphatic rings. The third kappa shape index (κ3) is 2.77. The Labute approximate surface area is 94.6 Å². The van der Waals surface area contributed by atoms with Gasteiger partial charge in [-0.05, 0) is 56.6 Å². The van der Waals surface area contributed by atoms with Crippen LogP contribution in [0.2, 0.25) is 0 Å². The zero-order chi connectivity index (χ0) is 9.84. The van der Waals surface area contributed by atoms with E-state index in [0.717, 1.165) is 14.5 Å². The molecule has 0 amide bonds. The van der Waals surface area contributed by atoms with Gasteiger partial charge in [-0.2, -0.15) is 0 Å². The van der Waals surface area contributed by atoms with E-state index in [1.165, 1.54) is 0 Å². The van der Waals surface area contributed by atoms with Crippen molar-refractivity contribution < 1.29 is 5.11 Å². The molecule has 0 aromatic heterocycles. The van der Waals surface area contributed by atoms with E-state index in [4.69, 9.17) is 5.11 Å². The Balaban J connectivity index is 2.95. The van der Waals surface area contributed by atoms with E-state index >= 15 is 0 Å². The summed E-state index contributed by atoms with van der Waals surface area (Å²) in [6.45, 7) is 0.102. The van der Waals surface area contributed by atoms with Crippen molar-refractivity contribution in [2.75, 3.05) is 13.7 Å². The van der Waals surface area contributed by atoms with Crippen molar-refractivity contribution in [3.8, 4) is 0 Å². The fourth-order valence-corrected chi connectivity index (χ4v) is 1.74. The molecular weight excluding hydrogens is 298 g/mol. The van der Waals surface area contributed by atoms with Crippen molar-refractivity contribution in [1.82, 2.24) is 5.32 Å². The molecule has 72 valence electrons. The maximum atomic E-state index is 9.05. The van der Waals surface area contributed by atoms with Gasteiger partial charge in [0, 0.05) is 8.95 Å². The van der Waals surface area contributed by atoms with Crippen LogP contribution in [-0.2, 0) is 0 Å². The first kappa shape index (κ1) is 11.2. The molecule has 0 heterocycles. The molecule has 13 heavy (non-hydrogen) atoms. The Morgan fingerprint density at radius 1 is 1.38 bits per heavy atom.